The molecule has 4 atom stereocenters. The number of primary amides is 1. The Kier molecular flexibility index (Phi) is 8.88. The number of nitrogens with zero attached hydrogens (tertiary/aromatic N) is 4. The molecule has 1 saturated carbocycles. The standard InChI is InChI=1S/C34H36N6O6S/c1-4-22-18-47-31(36-22)25-16-28(24-10-11-27(45-3)20(2)29(24)37-25)46-23-12-14-39-26(15-23)30(42)38-34(19-41)17-21(34)9-7-5-6-8-13-40(32(35)43)33(39)44/h1,7,9-11,16,18-19,21,23,26H,5-6,8,12-15,17H2,2-3H3,(H2,35,43)(H,38,42)/b9-7-/t21-,23+,26+,34+/m1/s1. The number of aromatic nitrogens is 2. The van der Waals surface area contributed by atoms with Crippen molar-refractivity contribution in [1.29, 1.82) is 0 Å². The van der Waals surface area contributed by atoms with Gasteiger partial charge in [0, 0.05) is 54.2 Å². The van der Waals surface area contributed by atoms with Gasteiger partial charge in [-0.1, -0.05) is 12.2 Å². The highest BCUT2D eigenvalue weighted by Gasteiger charge is 2.55. The predicted octanol–water partition coefficient (Wildman–Crippen LogP) is 4.18. The molecule has 0 radical (unpaired) electrons. The first-order valence-corrected chi connectivity index (χ1v) is 16.5. The van der Waals surface area contributed by atoms with E-state index in [1.54, 1.807) is 18.6 Å². The number of nitrogens with one attached hydrogen (secondary N) is 1. The number of imide groups is 1. The van der Waals surface area contributed by atoms with Crippen LogP contribution in [-0.2, 0) is 9.59 Å². The van der Waals surface area contributed by atoms with Gasteiger partial charge in [-0.25, -0.2) is 24.5 Å². The van der Waals surface area contributed by atoms with E-state index in [1.165, 1.54) is 16.2 Å². The number of fused-ring (bicyclic) bond motifs is 3. The first kappa shape index (κ1) is 32.0. The van der Waals surface area contributed by atoms with Crippen LogP contribution in [-0.4, -0.2) is 81.9 Å². The van der Waals surface area contributed by atoms with Gasteiger partial charge < -0.3 is 30.2 Å². The SMILES string of the molecule is C#Cc1csc(-c2cc(O[C@H]3CCN4C(=O)N(C(N)=O)CCCC/C=C\[C@@H]5C[C@@]5(C=O)NC(=O)[C@@H]4C3)c3ccc(OC)c(C)c3n2)n1. The van der Waals surface area contributed by atoms with E-state index in [9.17, 15) is 19.2 Å². The Labute approximate surface area is 276 Å². The molecule has 6 rings (SSSR count). The molecular weight excluding hydrogens is 620 g/mol. The number of allylic oxidation sites excluding steroid dienone is 1. The van der Waals surface area contributed by atoms with Gasteiger partial charge in [0.25, 0.3) is 0 Å². The lowest BCUT2D eigenvalue weighted by molar-refractivity contribution is -0.130. The van der Waals surface area contributed by atoms with Crippen molar-refractivity contribution < 1.29 is 28.7 Å². The van der Waals surface area contributed by atoms with Gasteiger partial charge in [-0.3, -0.25) is 4.79 Å². The molecule has 3 aromatic rings. The van der Waals surface area contributed by atoms with Crippen molar-refractivity contribution in [2.24, 2.45) is 11.7 Å². The predicted molar refractivity (Wildman–Crippen MR) is 176 cm³/mol. The molecule has 244 valence electrons. The summed E-state index contributed by atoms with van der Waals surface area (Å²) in [6.07, 6.45) is 12.8. The topological polar surface area (TPSA) is 157 Å². The van der Waals surface area contributed by atoms with Gasteiger partial charge in [-0.05, 0) is 50.7 Å². The van der Waals surface area contributed by atoms with E-state index in [0.717, 1.165) is 35.0 Å². The molecule has 1 aromatic carbocycles. The number of methoxy groups -OCH3 is 1. The summed E-state index contributed by atoms with van der Waals surface area (Å²) in [6, 6.07) is 2.99. The summed E-state index contributed by atoms with van der Waals surface area (Å²) in [6.45, 7) is 2.18. The van der Waals surface area contributed by atoms with Crippen LogP contribution in [0.25, 0.3) is 21.6 Å². The molecule has 0 unspecified atom stereocenters. The Morgan fingerprint density at radius 3 is 2.79 bits per heavy atom. The smallest absolute Gasteiger partial charge is 0.328 e. The summed E-state index contributed by atoms with van der Waals surface area (Å²) in [5.41, 5.74) is 7.15. The van der Waals surface area contributed by atoms with Crippen LogP contribution in [0.4, 0.5) is 9.59 Å². The normalized spacial score (nSPS) is 25.4. The van der Waals surface area contributed by atoms with E-state index >= 15 is 0 Å². The Morgan fingerprint density at radius 1 is 1.23 bits per heavy atom. The van der Waals surface area contributed by atoms with Crippen molar-refractivity contribution in [3.8, 4) is 34.5 Å². The molecule has 3 aliphatic rings. The van der Waals surface area contributed by atoms with Gasteiger partial charge in [0.15, 0.2) is 0 Å². The maximum atomic E-state index is 13.9. The quantitative estimate of drug-likeness (QED) is 0.235. The number of aryl methyl sites for hydroxylation is 1. The second kappa shape index (κ2) is 13.0. The third-order valence-corrected chi connectivity index (χ3v) is 9.99. The first-order chi connectivity index (χ1) is 22.7. The van der Waals surface area contributed by atoms with Crippen LogP contribution in [0.15, 0.2) is 35.7 Å². The number of thiazole rings is 1. The number of hydrogen-bond acceptors (Lipinski definition) is 9. The Morgan fingerprint density at radius 2 is 2.06 bits per heavy atom. The number of amides is 5. The van der Waals surface area contributed by atoms with Crippen LogP contribution in [0.3, 0.4) is 0 Å². The summed E-state index contributed by atoms with van der Waals surface area (Å²) in [5.74, 6) is 3.13. The minimum Gasteiger partial charge on any atom is -0.496 e. The largest absolute Gasteiger partial charge is 0.496 e. The minimum atomic E-state index is -1.03. The number of nitrogens with two attached hydrogens (primary N) is 1. The van der Waals surface area contributed by atoms with Crippen LogP contribution < -0.4 is 20.5 Å². The maximum absolute atomic E-state index is 13.9. The molecule has 0 bridgehead atoms. The molecule has 13 heteroatoms. The third-order valence-electron chi connectivity index (χ3n) is 9.13. The maximum Gasteiger partial charge on any atom is 0.328 e. The van der Waals surface area contributed by atoms with E-state index in [2.05, 4.69) is 16.2 Å². The average Bonchev–Trinajstić information content (AvgIpc) is 3.52. The molecule has 1 aliphatic carbocycles. The summed E-state index contributed by atoms with van der Waals surface area (Å²) >= 11 is 1.37. The number of hydrogen-bond donors (Lipinski definition) is 2. The summed E-state index contributed by atoms with van der Waals surface area (Å²) in [7, 11) is 1.59. The fourth-order valence-corrected chi connectivity index (χ4v) is 7.10. The highest BCUT2D eigenvalue weighted by molar-refractivity contribution is 7.13. The van der Waals surface area contributed by atoms with Crippen molar-refractivity contribution in [1.82, 2.24) is 25.1 Å². The molecule has 3 N–H and O–H groups in total. The van der Waals surface area contributed by atoms with Crippen molar-refractivity contribution in [2.45, 2.75) is 63.1 Å². The van der Waals surface area contributed by atoms with Gasteiger partial charge in [0.05, 0.1) is 12.6 Å². The second-order valence-electron chi connectivity index (χ2n) is 12.1. The molecular formula is C34H36N6O6S. The fraction of sp³-hybridized carbons (Fsp3) is 0.412. The lowest BCUT2D eigenvalue weighted by Crippen LogP contribution is -2.61. The fourth-order valence-electron chi connectivity index (χ4n) is 6.38. The van der Waals surface area contributed by atoms with Crippen molar-refractivity contribution >= 4 is 46.5 Å². The van der Waals surface area contributed by atoms with Gasteiger partial charge in [-0.2, -0.15) is 0 Å². The number of piperidine rings is 1. The summed E-state index contributed by atoms with van der Waals surface area (Å²) < 4.78 is 12.2. The van der Waals surface area contributed by atoms with Crippen LogP contribution >= 0.6 is 11.3 Å². The van der Waals surface area contributed by atoms with Crippen molar-refractivity contribution in [3.05, 3.63) is 47.0 Å². The van der Waals surface area contributed by atoms with Crippen LogP contribution in [0.5, 0.6) is 11.5 Å². The summed E-state index contributed by atoms with van der Waals surface area (Å²) in [5, 5.41) is 6.06. The third kappa shape index (κ3) is 6.25. The number of aldehydes is 1. The molecule has 2 aliphatic heterocycles. The van der Waals surface area contributed by atoms with E-state index in [0.29, 0.717) is 52.7 Å². The molecule has 2 fully saturated rings. The minimum absolute atomic E-state index is 0.114. The number of carbonyl (C=O) groups is 4. The van der Waals surface area contributed by atoms with Crippen molar-refractivity contribution in [3.63, 3.8) is 0 Å². The van der Waals surface area contributed by atoms with Crippen LogP contribution in [0.2, 0.25) is 0 Å². The van der Waals surface area contributed by atoms with Gasteiger partial charge in [-0.15, -0.1) is 17.8 Å². The number of ether oxygens (including phenoxy) is 2. The average molecular weight is 657 g/mol. The number of carbonyl (C=O) groups excluding carboxylic acids is 4. The highest BCUT2D eigenvalue weighted by atomic mass is 32.1. The number of rotatable bonds is 5. The number of terminal acetylenes is 1. The first-order valence-electron chi connectivity index (χ1n) is 15.6. The zero-order valence-electron chi connectivity index (χ0n) is 26.2. The molecule has 1 saturated heterocycles. The van der Waals surface area contributed by atoms with Gasteiger partial charge in [0.2, 0.25) is 5.91 Å². The zero-order valence-corrected chi connectivity index (χ0v) is 27.0. The monoisotopic (exact) mass is 656 g/mol. The molecule has 47 heavy (non-hydrogen) atoms. The van der Waals surface area contributed by atoms with Gasteiger partial charge >= 0.3 is 12.1 Å². The van der Waals surface area contributed by atoms with Crippen molar-refractivity contribution in [2.75, 3.05) is 20.2 Å². The lowest BCUT2D eigenvalue weighted by Gasteiger charge is -2.40. The van der Waals surface area contributed by atoms with Crippen LogP contribution in [0.1, 0.15) is 49.8 Å². The number of benzene rings is 1. The van der Waals surface area contributed by atoms with Gasteiger partial charge in [0.1, 0.15) is 51.9 Å². The van der Waals surface area contributed by atoms with E-state index in [-0.39, 0.29) is 25.4 Å². The Bertz CT molecular complexity index is 1820. The molecule has 4 heterocycles. The Balaban J connectivity index is 1.35. The van der Waals surface area contributed by atoms with E-state index < -0.39 is 35.7 Å². The van der Waals surface area contributed by atoms with Crippen LogP contribution in [0, 0.1) is 25.2 Å². The van der Waals surface area contributed by atoms with E-state index in [4.69, 9.17) is 26.6 Å². The zero-order chi connectivity index (χ0) is 33.3. The molecule has 2 aromatic heterocycles. The molecule has 0 spiro atoms. The molecule has 5 amide bonds. The number of urea groups is 2. The molecule has 12 nitrogen and oxygen atoms in total. The second-order valence-corrected chi connectivity index (χ2v) is 13.0. The lowest BCUT2D eigenvalue weighted by atomic mass is 9.97. The summed E-state index contributed by atoms with van der Waals surface area (Å²) in [4.78, 5) is 64.0. The highest BCUT2D eigenvalue weighted by Crippen LogP contribution is 2.44. The van der Waals surface area contributed by atoms with E-state index in [1.807, 2.05) is 31.2 Å². The Hall–Kier alpha value is -4.96. The number of pyridine rings is 1.